The second-order valence-electron chi connectivity index (χ2n) is 4.58. The van der Waals surface area contributed by atoms with Gasteiger partial charge in [0.1, 0.15) is 17.2 Å². The first-order valence-electron chi connectivity index (χ1n) is 7.14. The second kappa shape index (κ2) is 9.28. The molecule has 0 atom stereocenters. The number of amides is 1. The molecular weight excluding hydrogens is 378 g/mol. The van der Waals surface area contributed by atoms with Gasteiger partial charge in [-0.2, -0.15) is 0 Å². The molecule has 1 N–H and O–H groups in total. The van der Waals surface area contributed by atoms with Gasteiger partial charge in [-0.1, -0.05) is 51.7 Å². The molecule has 1 aromatic carbocycles. The maximum atomic E-state index is 12.0. The molecule has 0 aliphatic heterocycles. The summed E-state index contributed by atoms with van der Waals surface area (Å²) in [5.74, 6) is 6.30. The minimum Gasteiger partial charge on any atom is -0.481 e. The summed E-state index contributed by atoms with van der Waals surface area (Å²) in [5, 5.41) is 6.72. The minimum atomic E-state index is -0.175. The topological polar surface area (TPSA) is 64.1 Å². The fraction of sp³-hybridized carbons (Fsp3) is 0.312. The summed E-state index contributed by atoms with van der Waals surface area (Å²) in [7, 11) is 0. The van der Waals surface area contributed by atoms with E-state index in [4.69, 9.17) is 4.74 Å². The van der Waals surface area contributed by atoms with Crippen molar-refractivity contribution in [2.45, 2.75) is 19.8 Å². The zero-order valence-electron chi connectivity index (χ0n) is 12.6. The van der Waals surface area contributed by atoms with Crippen LogP contribution in [0.3, 0.4) is 0 Å². The highest BCUT2D eigenvalue weighted by Crippen LogP contribution is 2.17. The summed E-state index contributed by atoms with van der Waals surface area (Å²) in [5.41, 5.74) is 0.751. The van der Waals surface area contributed by atoms with Crippen LogP contribution in [0.5, 0.6) is 5.75 Å². The lowest BCUT2D eigenvalue weighted by Crippen LogP contribution is -2.23. The molecule has 0 radical (unpaired) electrons. The summed E-state index contributed by atoms with van der Waals surface area (Å²) in [6.07, 6.45) is 1.68. The Morgan fingerprint density at radius 3 is 3.09 bits per heavy atom. The zero-order valence-corrected chi connectivity index (χ0v) is 15.0. The Bertz CT molecular complexity index is 721. The van der Waals surface area contributed by atoms with Crippen molar-refractivity contribution in [2.24, 2.45) is 0 Å². The molecule has 0 saturated heterocycles. The van der Waals surface area contributed by atoms with Crippen LogP contribution in [-0.2, 0) is 6.42 Å². The van der Waals surface area contributed by atoms with Crippen LogP contribution in [0.15, 0.2) is 28.7 Å². The number of ether oxygens (including phenoxy) is 1. The molecule has 2 aromatic rings. The number of carbonyl (C=O) groups excluding carboxylic acids is 1. The van der Waals surface area contributed by atoms with E-state index in [1.54, 1.807) is 0 Å². The van der Waals surface area contributed by atoms with Crippen molar-refractivity contribution < 1.29 is 9.53 Å². The van der Waals surface area contributed by atoms with Crippen LogP contribution in [-0.4, -0.2) is 28.6 Å². The number of nitrogens with one attached hydrogen (secondary N) is 1. The molecule has 5 nitrogen and oxygen atoms in total. The molecule has 1 amide bonds. The van der Waals surface area contributed by atoms with Gasteiger partial charge in [0, 0.05) is 4.47 Å². The maximum Gasteiger partial charge on any atom is 0.265 e. The molecule has 1 aromatic heterocycles. The van der Waals surface area contributed by atoms with Crippen molar-refractivity contribution in [1.29, 1.82) is 0 Å². The predicted octanol–water partition coefficient (Wildman–Crippen LogP) is 3.07. The van der Waals surface area contributed by atoms with Crippen molar-refractivity contribution in [2.75, 3.05) is 13.2 Å². The number of aromatic nitrogens is 2. The molecule has 23 heavy (non-hydrogen) atoms. The highest BCUT2D eigenvalue weighted by Gasteiger charge is 2.14. The number of benzene rings is 1. The van der Waals surface area contributed by atoms with Crippen LogP contribution in [0.25, 0.3) is 0 Å². The van der Waals surface area contributed by atoms with Crippen molar-refractivity contribution in [3.63, 3.8) is 0 Å². The molecule has 0 spiro atoms. The van der Waals surface area contributed by atoms with E-state index < -0.39 is 0 Å². The highest BCUT2D eigenvalue weighted by atomic mass is 79.9. The highest BCUT2D eigenvalue weighted by molar-refractivity contribution is 9.10. The zero-order chi connectivity index (χ0) is 16.5. The molecule has 0 saturated carbocycles. The molecule has 0 aliphatic carbocycles. The van der Waals surface area contributed by atoms with Crippen molar-refractivity contribution in [3.8, 4) is 17.6 Å². The van der Waals surface area contributed by atoms with E-state index >= 15 is 0 Å². The van der Waals surface area contributed by atoms with Crippen molar-refractivity contribution >= 4 is 33.4 Å². The third-order valence-corrected chi connectivity index (χ3v) is 4.08. The molecule has 0 unspecified atom stereocenters. The van der Waals surface area contributed by atoms with Gasteiger partial charge >= 0.3 is 0 Å². The van der Waals surface area contributed by atoms with E-state index in [0.29, 0.717) is 4.88 Å². The lowest BCUT2D eigenvalue weighted by molar-refractivity contribution is 0.0961. The van der Waals surface area contributed by atoms with E-state index in [0.717, 1.165) is 40.3 Å². The predicted molar refractivity (Wildman–Crippen MR) is 93.7 cm³/mol. The van der Waals surface area contributed by atoms with Crippen LogP contribution in [0.2, 0.25) is 0 Å². The molecule has 120 valence electrons. The molecule has 7 heteroatoms. The van der Waals surface area contributed by atoms with Gasteiger partial charge in [0.05, 0.1) is 12.2 Å². The first-order valence-corrected chi connectivity index (χ1v) is 8.71. The van der Waals surface area contributed by atoms with E-state index in [1.807, 2.05) is 31.2 Å². The normalized spacial score (nSPS) is 9.83. The van der Waals surface area contributed by atoms with Gasteiger partial charge in [0.25, 0.3) is 5.91 Å². The lowest BCUT2D eigenvalue weighted by atomic mass is 10.2. The molecular formula is C16H16BrN3O2S. The van der Waals surface area contributed by atoms with Gasteiger partial charge in [0.15, 0.2) is 0 Å². The first kappa shape index (κ1) is 17.4. The maximum absolute atomic E-state index is 12.0. The van der Waals surface area contributed by atoms with Crippen LogP contribution in [0.1, 0.15) is 28.7 Å². The fourth-order valence-electron chi connectivity index (χ4n) is 1.78. The first-order chi connectivity index (χ1) is 11.2. The van der Waals surface area contributed by atoms with E-state index in [9.17, 15) is 4.79 Å². The van der Waals surface area contributed by atoms with E-state index in [1.165, 1.54) is 0 Å². The molecule has 0 fully saturated rings. The number of halogens is 1. The molecule has 0 bridgehead atoms. The Hall–Kier alpha value is -1.91. The van der Waals surface area contributed by atoms with Gasteiger partial charge < -0.3 is 10.1 Å². The summed E-state index contributed by atoms with van der Waals surface area (Å²) in [6.45, 7) is 2.58. The number of carbonyl (C=O) groups is 1. The van der Waals surface area contributed by atoms with Gasteiger partial charge in [-0.15, -0.1) is 5.10 Å². The smallest absolute Gasteiger partial charge is 0.265 e. The Kier molecular flexibility index (Phi) is 7.04. The largest absolute Gasteiger partial charge is 0.481 e. The van der Waals surface area contributed by atoms with Gasteiger partial charge in [-0.05, 0) is 36.2 Å². The van der Waals surface area contributed by atoms with E-state index in [-0.39, 0.29) is 19.1 Å². The van der Waals surface area contributed by atoms with Gasteiger partial charge in [-0.25, -0.2) is 0 Å². The van der Waals surface area contributed by atoms with Gasteiger partial charge in [0.2, 0.25) is 0 Å². The Morgan fingerprint density at radius 2 is 2.30 bits per heavy atom. The monoisotopic (exact) mass is 393 g/mol. The van der Waals surface area contributed by atoms with Crippen LogP contribution >= 0.6 is 27.5 Å². The summed E-state index contributed by atoms with van der Waals surface area (Å²) in [4.78, 5) is 12.6. The van der Waals surface area contributed by atoms with Crippen LogP contribution in [0, 0.1) is 11.8 Å². The number of rotatable bonds is 6. The summed E-state index contributed by atoms with van der Waals surface area (Å²) < 4.78 is 10.3. The van der Waals surface area contributed by atoms with Crippen LogP contribution in [0.4, 0.5) is 0 Å². The molecule has 0 aliphatic rings. The standard InChI is InChI=1S/C16H16BrN3O2S/c1-2-6-14-15(23-20-19-14)16(21)18-9-3-4-10-22-13-8-5-7-12(17)11-13/h5,7-8,11H,2,6,9-10H2,1H3,(H,18,21). The summed E-state index contributed by atoms with van der Waals surface area (Å²) >= 11 is 4.49. The number of nitrogens with zero attached hydrogens (tertiary/aromatic N) is 2. The SMILES string of the molecule is CCCc1nnsc1C(=O)NCC#CCOc1cccc(Br)c1. The molecule has 1 heterocycles. The minimum absolute atomic E-state index is 0.175. The van der Waals surface area contributed by atoms with Crippen molar-refractivity contribution in [1.82, 2.24) is 14.9 Å². The third kappa shape index (κ3) is 5.66. The molecule has 2 rings (SSSR count). The Morgan fingerprint density at radius 1 is 1.43 bits per heavy atom. The Balaban J connectivity index is 1.75. The third-order valence-electron chi connectivity index (χ3n) is 2.82. The average molecular weight is 394 g/mol. The lowest BCUT2D eigenvalue weighted by Gasteiger charge is -2.01. The average Bonchev–Trinajstić information content (AvgIpc) is 2.99. The number of hydrogen-bond acceptors (Lipinski definition) is 5. The van der Waals surface area contributed by atoms with Gasteiger partial charge in [-0.3, -0.25) is 4.79 Å². The quantitative estimate of drug-likeness (QED) is 0.765. The Labute approximate surface area is 147 Å². The second-order valence-corrected chi connectivity index (χ2v) is 6.25. The number of hydrogen-bond donors (Lipinski definition) is 1. The summed E-state index contributed by atoms with van der Waals surface area (Å²) in [6, 6.07) is 7.55. The van der Waals surface area contributed by atoms with E-state index in [2.05, 4.69) is 42.7 Å². The van der Waals surface area contributed by atoms with Crippen molar-refractivity contribution in [3.05, 3.63) is 39.3 Å². The number of aryl methyl sites for hydroxylation is 1. The fourth-order valence-corrected chi connectivity index (χ4v) is 2.78. The van der Waals surface area contributed by atoms with Crippen LogP contribution < -0.4 is 10.1 Å².